The van der Waals surface area contributed by atoms with Gasteiger partial charge in [0.15, 0.2) is 5.82 Å². The Labute approximate surface area is 284 Å². The molecule has 0 radical (unpaired) electrons. The minimum Gasteiger partial charge on any atom is -0.456 e. The largest absolute Gasteiger partial charge is 0.456 e. The van der Waals surface area contributed by atoms with Gasteiger partial charge in [-0.05, 0) is 69.8 Å². The van der Waals surface area contributed by atoms with Gasteiger partial charge in [0.05, 0.1) is 11.4 Å². The summed E-state index contributed by atoms with van der Waals surface area (Å²) >= 11 is 0. The molecule has 3 heteroatoms. The highest BCUT2D eigenvalue weighted by atomic mass is 16.3. The molecule has 49 heavy (non-hydrogen) atoms. The van der Waals surface area contributed by atoms with E-state index in [-0.39, 0.29) is 0 Å². The molecule has 0 spiro atoms. The molecular formula is C46H30N2O. The molecule has 2 heterocycles. The van der Waals surface area contributed by atoms with E-state index in [0.717, 1.165) is 83.4 Å². The van der Waals surface area contributed by atoms with Gasteiger partial charge in [0.1, 0.15) is 11.2 Å². The van der Waals surface area contributed by atoms with Crippen molar-refractivity contribution in [1.29, 1.82) is 0 Å². The van der Waals surface area contributed by atoms with Crippen LogP contribution in [0.4, 0.5) is 0 Å². The van der Waals surface area contributed by atoms with E-state index in [4.69, 9.17) is 14.4 Å². The second-order valence-corrected chi connectivity index (χ2v) is 12.2. The molecule has 9 rings (SSSR count). The van der Waals surface area contributed by atoms with E-state index in [9.17, 15) is 0 Å². The van der Waals surface area contributed by atoms with E-state index in [1.807, 2.05) is 42.5 Å². The predicted octanol–water partition coefficient (Wildman–Crippen LogP) is 12.4. The Morgan fingerprint density at radius 1 is 0.327 bits per heavy atom. The van der Waals surface area contributed by atoms with Crippen LogP contribution >= 0.6 is 0 Å². The average Bonchev–Trinajstić information content (AvgIpc) is 3.58. The van der Waals surface area contributed by atoms with Crippen LogP contribution in [0.25, 0.3) is 89.2 Å². The summed E-state index contributed by atoms with van der Waals surface area (Å²) in [5.41, 5.74) is 13.3. The molecule has 3 nitrogen and oxygen atoms in total. The molecule has 0 aliphatic rings. The summed E-state index contributed by atoms with van der Waals surface area (Å²) in [7, 11) is 0. The first-order valence-electron chi connectivity index (χ1n) is 16.5. The van der Waals surface area contributed by atoms with E-state index >= 15 is 0 Å². The summed E-state index contributed by atoms with van der Waals surface area (Å²) in [6, 6.07) is 63.3. The van der Waals surface area contributed by atoms with Gasteiger partial charge >= 0.3 is 0 Å². The quantitative estimate of drug-likeness (QED) is 0.184. The smallest absolute Gasteiger partial charge is 0.160 e. The van der Waals surface area contributed by atoms with Crippen molar-refractivity contribution in [2.24, 2.45) is 0 Å². The van der Waals surface area contributed by atoms with Crippen LogP contribution in [0.1, 0.15) is 0 Å². The first kappa shape index (κ1) is 28.6. The molecule has 9 aromatic rings. The summed E-state index contributed by atoms with van der Waals surface area (Å²) in [6.45, 7) is 0. The van der Waals surface area contributed by atoms with E-state index in [1.54, 1.807) is 0 Å². The Kier molecular flexibility index (Phi) is 7.14. The predicted molar refractivity (Wildman–Crippen MR) is 202 cm³/mol. The van der Waals surface area contributed by atoms with Gasteiger partial charge in [0.2, 0.25) is 0 Å². The van der Waals surface area contributed by atoms with Crippen LogP contribution < -0.4 is 0 Å². The maximum absolute atomic E-state index is 6.30. The number of fused-ring (bicyclic) bond motifs is 3. The van der Waals surface area contributed by atoms with Crippen molar-refractivity contribution in [1.82, 2.24) is 9.97 Å². The summed E-state index contributed by atoms with van der Waals surface area (Å²) in [4.78, 5) is 10.4. The third-order valence-corrected chi connectivity index (χ3v) is 9.10. The average molecular weight is 627 g/mol. The first-order chi connectivity index (χ1) is 24.3. The third-order valence-electron chi connectivity index (χ3n) is 9.10. The number of nitrogens with zero attached hydrogens (tertiary/aromatic N) is 2. The molecule has 0 aliphatic carbocycles. The van der Waals surface area contributed by atoms with Crippen molar-refractivity contribution >= 4 is 21.9 Å². The van der Waals surface area contributed by atoms with Gasteiger partial charge in [-0.25, -0.2) is 9.97 Å². The lowest BCUT2D eigenvalue weighted by molar-refractivity contribution is 0.669. The fraction of sp³-hybridized carbons (Fsp3) is 0. The molecule has 2 aromatic heterocycles. The fourth-order valence-corrected chi connectivity index (χ4v) is 6.77. The minimum absolute atomic E-state index is 0.686. The van der Waals surface area contributed by atoms with Crippen molar-refractivity contribution < 1.29 is 4.42 Å². The van der Waals surface area contributed by atoms with Gasteiger partial charge in [-0.3, -0.25) is 0 Å². The van der Waals surface area contributed by atoms with Crippen LogP contribution in [0, 0.1) is 0 Å². The highest BCUT2D eigenvalue weighted by Crippen LogP contribution is 2.41. The highest BCUT2D eigenvalue weighted by molar-refractivity contribution is 6.12. The minimum atomic E-state index is 0.686. The summed E-state index contributed by atoms with van der Waals surface area (Å²) in [5, 5.41) is 2.22. The van der Waals surface area contributed by atoms with Crippen molar-refractivity contribution in [2.75, 3.05) is 0 Å². The van der Waals surface area contributed by atoms with E-state index in [0.29, 0.717) is 5.82 Å². The standard InChI is InChI=1S/C46H30N2O/c1-4-15-31(16-5-1)34-27-35(38-24-14-26-44-45(38)40-23-12-13-25-43(40)49-44)29-36(28-34)41-30-42(48-46(47-41)33-19-8-3-9-20-33)39-22-11-10-21-37(39)32-17-6-2-7-18-32/h1-30H. The Morgan fingerprint density at radius 2 is 0.878 bits per heavy atom. The number of para-hydroxylation sites is 1. The van der Waals surface area contributed by atoms with E-state index in [1.165, 1.54) is 0 Å². The molecule has 0 atom stereocenters. The molecule has 0 saturated carbocycles. The third kappa shape index (κ3) is 5.38. The van der Waals surface area contributed by atoms with Crippen LogP contribution in [0.3, 0.4) is 0 Å². The highest BCUT2D eigenvalue weighted by Gasteiger charge is 2.18. The molecule has 0 fully saturated rings. The van der Waals surface area contributed by atoms with Gasteiger partial charge in [-0.15, -0.1) is 0 Å². The van der Waals surface area contributed by atoms with Crippen molar-refractivity contribution in [3.05, 3.63) is 182 Å². The summed E-state index contributed by atoms with van der Waals surface area (Å²) < 4.78 is 6.30. The second kappa shape index (κ2) is 12.2. The Bertz CT molecular complexity index is 2590. The number of aromatic nitrogens is 2. The fourth-order valence-electron chi connectivity index (χ4n) is 6.77. The number of hydrogen-bond acceptors (Lipinski definition) is 3. The zero-order chi connectivity index (χ0) is 32.6. The molecule has 0 saturated heterocycles. The molecule has 0 unspecified atom stereocenters. The van der Waals surface area contributed by atoms with E-state index < -0.39 is 0 Å². The monoisotopic (exact) mass is 626 g/mol. The van der Waals surface area contributed by atoms with Gasteiger partial charge in [0, 0.05) is 27.5 Å². The number of hydrogen-bond donors (Lipinski definition) is 0. The first-order valence-corrected chi connectivity index (χ1v) is 16.5. The second-order valence-electron chi connectivity index (χ2n) is 12.2. The van der Waals surface area contributed by atoms with Crippen molar-refractivity contribution in [3.63, 3.8) is 0 Å². The van der Waals surface area contributed by atoms with Gasteiger partial charge in [-0.1, -0.05) is 146 Å². The Morgan fingerprint density at radius 3 is 1.65 bits per heavy atom. The van der Waals surface area contributed by atoms with Gasteiger partial charge < -0.3 is 4.42 Å². The van der Waals surface area contributed by atoms with Crippen LogP contribution in [0.5, 0.6) is 0 Å². The summed E-state index contributed by atoms with van der Waals surface area (Å²) in [5.74, 6) is 0.686. The molecule has 0 aliphatic heterocycles. The van der Waals surface area contributed by atoms with Gasteiger partial charge in [-0.2, -0.15) is 0 Å². The Balaban J connectivity index is 1.31. The number of benzene rings is 7. The van der Waals surface area contributed by atoms with Gasteiger partial charge in [0.25, 0.3) is 0 Å². The van der Waals surface area contributed by atoms with E-state index in [2.05, 4.69) is 140 Å². The van der Waals surface area contributed by atoms with Crippen LogP contribution in [0.15, 0.2) is 186 Å². The SMILES string of the molecule is c1ccc(-c2cc(-c3cc(-c4ccccc4-c4ccccc4)nc(-c4ccccc4)n3)cc(-c3cccc4oc5ccccc5c34)c2)cc1. The molecule has 7 aromatic carbocycles. The zero-order valence-corrected chi connectivity index (χ0v) is 26.6. The lowest BCUT2D eigenvalue weighted by Crippen LogP contribution is -1.97. The van der Waals surface area contributed by atoms with Crippen LogP contribution in [0.2, 0.25) is 0 Å². The maximum Gasteiger partial charge on any atom is 0.160 e. The molecule has 0 bridgehead atoms. The number of rotatable bonds is 6. The lowest BCUT2D eigenvalue weighted by Gasteiger charge is -2.15. The maximum atomic E-state index is 6.30. The Hall–Kier alpha value is -6.58. The summed E-state index contributed by atoms with van der Waals surface area (Å²) in [6.07, 6.45) is 0. The number of furan rings is 1. The topological polar surface area (TPSA) is 38.9 Å². The molecule has 0 amide bonds. The van der Waals surface area contributed by atoms with Crippen molar-refractivity contribution in [2.45, 2.75) is 0 Å². The zero-order valence-electron chi connectivity index (χ0n) is 26.6. The molecular weight excluding hydrogens is 597 g/mol. The lowest BCUT2D eigenvalue weighted by atomic mass is 9.92. The van der Waals surface area contributed by atoms with Crippen LogP contribution in [-0.2, 0) is 0 Å². The normalized spacial score (nSPS) is 11.3. The molecule has 230 valence electrons. The molecule has 0 N–H and O–H groups in total. The van der Waals surface area contributed by atoms with Crippen molar-refractivity contribution in [3.8, 4) is 67.3 Å². The van der Waals surface area contributed by atoms with Crippen LogP contribution in [-0.4, -0.2) is 9.97 Å².